The van der Waals surface area contributed by atoms with Crippen LogP contribution in [-0.4, -0.2) is 24.6 Å². The molecule has 0 saturated heterocycles. The van der Waals surface area contributed by atoms with Gasteiger partial charge in [-0.3, -0.25) is 9.38 Å². The maximum Gasteiger partial charge on any atom is 0.171 e. The van der Waals surface area contributed by atoms with Crippen molar-refractivity contribution in [3.05, 3.63) is 42.9 Å². The monoisotopic (exact) mass is 211 g/mol. The number of nitrogens with zero attached hydrogens (tertiary/aromatic N) is 5. The Morgan fingerprint density at radius 1 is 1.12 bits per heavy atom. The van der Waals surface area contributed by atoms with Crippen LogP contribution in [0.5, 0.6) is 0 Å². The molecule has 78 valence electrons. The molecule has 0 atom stereocenters. The number of pyridine rings is 1. The number of hydrogen-bond donors (Lipinski definition) is 0. The standard InChI is InChI=1S/C11H9N5/c1-8-2-3-9(4-13-8)10-5-12-6-16-7-14-15-11(10)16/h2-7H,1H3. The van der Waals surface area contributed by atoms with Crippen molar-refractivity contribution in [2.24, 2.45) is 0 Å². The van der Waals surface area contributed by atoms with Crippen molar-refractivity contribution >= 4 is 5.65 Å². The smallest absolute Gasteiger partial charge is 0.171 e. The van der Waals surface area contributed by atoms with Gasteiger partial charge in [0.15, 0.2) is 5.65 Å². The molecule has 0 radical (unpaired) electrons. The number of aryl methyl sites for hydroxylation is 1. The maximum atomic E-state index is 4.26. The summed E-state index contributed by atoms with van der Waals surface area (Å²) >= 11 is 0. The van der Waals surface area contributed by atoms with Crippen LogP contribution >= 0.6 is 0 Å². The van der Waals surface area contributed by atoms with E-state index in [1.165, 1.54) is 0 Å². The summed E-state index contributed by atoms with van der Waals surface area (Å²) in [7, 11) is 0. The van der Waals surface area contributed by atoms with E-state index < -0.39 is 0 Å². The van der Waals surface area contributed by atoms with Crippen LogP contribution in [0.2, 0.25) is 0 Å². The van der Waals surface area contributed by atoms with Gasteiger partial charge in [0.2, 0.25) is 0 Å². The molecular weight excluding hydrogens is 202 g/mol. The first kappa shape index (κ1) is 8.96. The number of aromatic nitrogens is 5. The second-order valence-corrected chi connectivity index (χ2v) is 3.56. The van der Waals surface area contributed by atoms with Crippen LogP contribution in [0.1, 0.15) is 5.69 Å². The lowest BCUT2D eigenvalue weighted by atomic mass is 10.1. The van der Waals surface area contributed by atoms with E-state index >= 15 is 0 Å². The second-order valence-electron chi connectivity index (χ2n) is 3.56. The molecule has 0 N–H and O–H groups in total. The summed E-state index contributed by atoms with van der Waals surface area (Å²) < 4.78 is 1.79. The van der Waals surface area contributed by atoms with Crippen molar-refractivity contribution in [2.75, 3.05) is 0 Å². The molecule has 3 heterocycles. The molecule has 3 rings (SSSR count). The van der Waals surface area contributed by atoms with Gasteiger partial charge in [0.05, 0.1) is 0 Å². The van der Waals surface area contributed by atoms with E-state index in [2.05, 4.69) is 20.2 Å². The second kappa shape index (κ2) is 3.37. The molecule has 0 spiro atoms. The summed E-state index contributed by atoms with van der Waals surface area (Å²) in [6, 6.07) is 3.98. The van der Waals surface area contributed by atoms with Gasteiger partial charge in [0.1, 0.15) is 12.7 Å². The van der Waals surface area contributed by atoms with Crippen LogP contribution in [0.15, 0.2) is 37.2 Å². The zero-order valence-corrected chi connectivity index (χ0v) is 8.70. The van der Waals surface area contributed by atoms with Crippen molar-refractivity contribution in [2.45, 2.75) is 6.92 Å². The molecule has 0 aliphatic carbocycles. The predicted octanol–water partition coefficient (Wildman–Crippen LogP) is 1.49. The molecule has 3 aromatic heterocycles. The zero-order chi connectivity index (χ0) is 11.0. The Morgan fingerprint density at radius 3 is 2.88 bits per heavy atom. The van der Waals surface area contributed by atoms with Crippen molar-refractivity contribution in [3.8, 4) is 11.1 Å². The Labute approximate surface area is 91.8 Å². The van der Waals surface area contributed by atoms with E-state index in [0.717, 1.165) is 22.5 Å². The molecule has 0 aromatic carbocycles. The normalized spacial score (nSPS) is 10.8. The Morgan fingerprint density at radius 2 is 2.06 bits per heavy atom. The van der Waals surface area contributed by atoms with Crippen molar-refractivity contribution in [1.82, 2.24) is 24.6 Å². The number of rotatable bonds is 1. The Bertz CT molecular complexity index is 626. The molecule has 0 aliphatic heterocycles. The van der Waals surface area contributed by atoms with Crippen molar-refractivity contribution in [3.63, 3.8) is 0 Å². The average Bonchev–Trinajstić information content (AvgIpc) is 2.78. The van der Waals surface area contributed by atoms with Crippen LogP contribution in [0.3, 0.4) is 0 Å². The Hall–Kier alpha value is -2.30. The molecule has 0 amide bonds. The zero-order valence-electron chi connectivity index (χ0n) is 8.70. The summed E-state index contributed by atoms with van der Waals surface area (Å²) in [5.41, 5.74) is 3.72. The summed E-state index contributed by atoms with van der Waals surface area (Å²) in [6.07, 6.45) is 6.91. The van der Waals surface area contributed by atoms with E-state index in [-0.39, 0.29) is 0 Å². The van der Waals surface area contributed by atoms with Gasteiger partial charge in [-0.1, -0.05) is 6.07 Å². The Kier molecular flexibility index (Phi) is 1.89. The maximum absolute atomic E-state index is 4.26. The lowest BCUT2D eigenvalue weighted by Crippen LogP contribution is -1.91. The first-order valence-electron chi connectivity index (χ1n) is 4.91. The number of hydrogen-bond acceptors (Lipinski definition) is 4. The highest BCUT2D eigenvalue weighted by Gasteiger charge is 2.06. The summed E-state index contributed by atoms with van der Waals surface area (Å²) in [5.74, 6) is 0. The highest BCUT2D eigenvalue weighted by atomic mass is 15.2. The third kappa shape index (κ3) is 1.33. The van der Waals surface area contributed by atoms with Gasteiger partial charge >= 0.3 is 0 Å². The van der Waals surface area contributed by atoms with E-state index in [9.17, 15) is 0 Å². The van der Waals surface area contributed by atoms with E-state index in [1.807, 2.05) is 25.3 Å². The summed E-state index contributed by atoms with van der Waals surface area (Å²) in [4.78, 5) is 8.40. The first-order chi connectivity index (χ1) is 7.84. The van der Waals surface area contributed by atoms with Crippen LogP contribution in [0.25, 0.3) is 16.8 Å². The minimum Gasteiger partial charge on any atom is -0.271 e. The minimum atomic E-state index is 0.792. The quantitative estimate of drug-likeness (QED) is 0.612. The van der Waals surface area contributed by atoms with Crippen molar-refractivity contribution < 1.29 is 0 Å². The lowest BCUT2D eigenvalue weighted by Gasteiger charge is -2.02. The van der Waals surface area contributed by atoms with Crippen LogP contribution in [0.4, 0.5) is 0 Å². The molecule has 0 saturated carbocycles. The first-order valence-corrected chi connectivity index (χ1v) is 4.91. The lowest BCUT2D eigenvalue weighted by molar-refractivity contribution is 1.07. The van der Waals surface area contributed by atoms with Gasteiger partial charge in [0.25, 0.3) is 0 Å². The van der Waals surface area contributed by atoms with Crippen LogP contribution < -0.4 is 0 Å². The molecule has 0 aliphatic rings. The van der Waals surface area contributed by atoms with Gasteiger partial charge in [-0.05, 0) is 13.0 Å². The fraction of sp³-hybridized carbons (Fsp3) is 0.0909. The molecule has 0 fully saturated rings. The molecule has 0 unspecified atom stereocenters. The average molecular weight is 211 g/mol. The largest absolute Gasteiger partial charge is 0.271 e. The van der Waals surface area contributed by atoms with Gasteiger partial charge in [-0.2, -0.15) is 0 Å². The fourth-order valence-corrected chi connectivity index (χ4v) is 1.59. The van der Waals surface area contributed by atoms with Gasteiger partial charge in [-0.25, -0.2) is 4.98 Å². The minimum absolute atomic E-state index is 0.792. The summed E-state index contributed by atoms with van der Waals surface area (Å²) in [5, 5.41) is 7.92. The molecular formula is C11H9N5. The summed E-state index contributed by atoms with van der Waals surface area (Å²) in [6.45, 7) is 1.96. The van der Waals surface area contributed by atoms with Crippen LogP contribution in [0, 0.1) is 6.92 Å². The number of fused-ring (bicyclic) bond motifs is 1. The SMILES string of the molecule is Cc1ccc(-c2cncn3cnnc23)cn1. The van der Waals surface area contributed by atoms with Gasteiger partial charge in [-0.15, -0.1) is 10.2 Å². The highest BCUT2D eigenvalue weighted by molar-refractivity contribution is 5.75. The van der Waals surface area contributed by atoms with E-state index in [0.29, 0.717) is 0 Å². The fourth-order valence-electron chi connectivity index (χ4n) is 1.59. The van der Waals surface area contributed by atoms with E-state index in [4.69, 9.17) is 0 Å². The van der Waals surface area contributed by atoms with E-state index in [1.54, 1.807) is 23.3 Å². The third-order valence-corrected chi connectivity index (χ3v) is 2.43. The molecule has 16 heavy (non-hydrogen) atoms. The highest BCUT2D eigenvalue weighted by Crippen LogP contribution is 2.20. The Balaban J connectivity index is 2.25. The topological polar surface area (TPSA) is 56.0 Å². The molecule has 0 bridgehead atoms. The molecule has 3 aromatic rings. The molecule has 5 nitrogen and oxygen atoms in total. The molecule has 5 heteroatoms. The van der Waals surface area contributed by atoms with Gasteiger partial charge in [0, 0.05) is 29.2 Å². The van der Waals surface area contributed by atoms with Gasteiger partial charge < -0.3 is 0 Å². The van der Waals surface area contributed by atoms with Crippen LogP contribution in [-0.2, 0) is 0 Å². The van der Waals surface area contributed by atoms with Crippen molar-refractivity contribution in [1.29, 1.82) is 0 Å². The third-order valence-electron chi connectivity index (χ3n) is 2.43. The predicted molar refractivity (Wildman–Crippen MR) is 58.8 cm³/mol.